The minimum Gasteiger partial charge on any atom is -1.00 e. The van der Waals surface area contributed by atoms with Gasteiger partial charge in [-0.25, -0.2) is 15.0 Å². The van der Waals surface area contributed by atoms with E-state index >= 15 is 0 Å². The van der Waals surface area contributed by atoms with Crippen LogP contribution < -0.4 is 29.6 Å². The second kappa shape index (κ2) is 20.0. The molecule has 0 bridgehead atoms. The maximum Gasteiger partial charge on any atom is 1.00 e. The molecule has 0 radical (unpaired) electrons. The summed E-state index contributed by atoms with van der Waals surface area (Å²) in [6.45, 7) is 4.18. The number of aromatic nitrogens is 5. The number of carbonyl (C=O) groups is 4. The van der Waals surface area contributed by atoms with Crippen molar-refractivity contribution in [3.05, 3.63) is 57.0 Å². The van der Waals surface area contributed by atoms with Crippen molar-refractivity contribution < 1.29 is 54.9 Å². The standard InChI is InChI=1S/C6H5N3S.C6H5NO2S.C5H5NOS.C3H6O2.Na.H/c1-2-8-9-5(1)6-7-3-4-10-6;8-3-1-5(9)6-7-2-4-10-6;1-4(7)5-6-2-3-8-5;1-2-5-3-4;;/h1-4H,(H,8,9);2-4H,1H2;2-3H,1H3;3H,2H2,1H3;;/q;;;;+1;-1. The Morgan fingerprint density at radius 2 is 1.62 bits per heavy atom. The van der Waals surface area contributed by atoms with Gasteiger partial charge in [0, 0.05) is 47.9 Å². The number of Topliss-reactive ketones (excluding diaryl/α,β-unsaturated/α-hetero) is 2. The molecule has 0 unspecified atom stereocenters. The first-order chi connectivity index (χ1) is 16.0. The summed E-state index contributed by atoms with van der Waals surface area (Å²) in [5, 5.41) is 14.1. The fourth-order valence-electron chi connectivity index (χ4n) is 1.72. The minimum absolute atomic E-state index is 0. The third kappa shape index (κ3) is 13.3. The molecule has 0 aliphatic rings. The van der Waals surface area contributed by atoms with E-state index in [0.29, 0.717) is 29.4 Å². The number of aldehydes is 1. The van der Waals surface area contributed by atoms with Crippen molar-refractivity contribution >= 4 is 58.3 Å². The zero-order valence-corrected chi connectivity index (χ0v) is 23.2. The molecule has 34 heavy (non-hydrogen) atoms. The SMILES string of the molecule is CC(=O)c1nccs1.CCOC=O.O=CCC(=O)c1nccs1.[H-].[Na+].c1cc(-c2nccs2)[nH]n1. The first-order valence-corrected chi connectivity index (χ1v) is 11.9. The molecule has 0 fully saturated rings. The predicted molar refractivity (Wildman–Crippen MR) is 128 cm³/mol. The van der Waals surface area contributed by atoms with Crippen molar-refractivity contribution in [2.75, 3.05) is 6.61 Å². The van der Waals surface area contributed by atoms with Crippen molar-refractivity contribution in [3.63, 3.8) is 0 Å². The molecular weight excluding hydrogens is 509 g/mol. The first-order valence-electron chi connectivity index (χ1n) is 9.24. The van der Waals surface area contributed by atoms with Gasteiger partial charge in [0.05, 0.1) is 18.7 Å². The van der Waals surface area contributed by atoms with E-state index in [1.807, 2.05) is 11.4 Å². The number of ketones is 2. The summed E-state index contributed by atoms with van der Waals surface area (Å²) in [4.78, 5) is 52.0. The Morgan fingerprint density at radius 1 is 1.00 bits per heavy atom. The van der Waals surface area contributed by atoms with E-state index in [1.54, 1.807) is 53.8 Å². The number of hydrogen-bond donors (Lipinski definition) is 1. The molecule has 0 aromatic carbocycles. The van der Waals surface area contributed by atoms with Crippen molar-refractivity contribution in [1.29, 1.82) is 0 Å². The molecule has 1 N–H and O–H groups in total. The van der Waals surface area contributed by atoms with Crippen LogP contribution in [0.1, 0.15) is 41.3 Å². The third-order valence-corrected chi connectivity index (χ3v) is 5.57. The fraction of sp³-hybridized carbons (Fsp3) is 0.200. The van der Waals surface area contributed by atoms with Gasteiger partial charge in [-0.15, -0.1) is 34.0 Å². The van der Waals surface area contributed by atoms with Crippen molar-refractivity contribution in [2.45, 2.75) is 20.3 Å². The quantitative estimate of drug-likeness (QED) is 0.160. The van der Waals surface area contributed by atoms with Crippen LogP contribution in [0.4, 0.5) is 0 Å². The van der Waals surface area contributed by atoms with E-state index in [2.05, 4.69) is 29.9 Å². The van der Waals surface area contributed by atoms with Gasteiger partial charge < -0.3 is 11.0 Å². The van der Waals surface area contributed by atoms with E-state index in [0.717, 1.165) is 10.7 Å². The Morgan fingerprint density at radius 3 is 1.97 bits per heavy atom. The van der Waals surface area contributed by atoms with Gasteiger partial charge in [-0.1, -0.05) is 0 Å². The van der Waals surface area contributed by atoms with Crippen LogP contribution in [0.15, 0.2) is 47.0 Å². The number of nitrogens with zero attached hydrogens (tertiary/aromatic N) is 4. The van der Waals surface area contributed by atoms with Gasteiger partial charge in [-0.2, -0.15) is 5.10 Å². The number of aromatic amines is 1. The second-order valence-corrected chi connectivity index (χ2v) is 8.07. The average molecular weight is 532 g/mol. The minimum atomic E-state index is -0.204. The Labute approximate surface area is 231 Å². The molecule has 0 amide bonds. The molecule has 0 atom stereocenters. The van der Waals surface area contributed by atoms with Gasteiger partial charge in [0.1, 0.15) is 11.3 Å². The molecule has 0 saturated heterocycles. The maximum atomic E-state index is 10.8. The van der Waals surface area contributed by atoms with Crippen LogP contribution in [0.2, 0.25) is 0 Å². The summed E-state index contributed by atoms with van der Waals surface area (Å²) >= 11 is 4.22. The number of ether oxygens (including phenoxy) is 1. The fourth-order valence-corrected chi connectivity index (χ4v) is 3.46. The number of hydrogen-bond acceptors (Lipinski definition) is 12. The summed E-state index contributed by atoms with van der Waals surface area (Å²) in [5.74, 6) is -0.162. The summed E-state index contributed by atoms with van der Waals surface area (Å²) in [7, 11) is 0. The molecule has 4 rings (SSSR count). The van der Waals surface area contributed by atoms with Gasteiger partial charge in [0.15, 0.2) is 21.6 Å². The topological polar surface area (TPSA) is 145 Å². The second-order valence-electron chi connectivity index (χ2n) is 5.38. The molecule has 4 aromatic heterocycles. The average Bonchev–Trinajstić information content (AvgIpc) is 3.63. The van der Waals surface area contributed by atoms with E-state index in [4.69, 9.17) is 0 Å². The molecule has 0 saturated carbocycles. The van der Waals surface area contributed by atoms with Crippen LogP contribution >= 0.6 is 34.0 Å². The maximum absolute atomic E-state index is 10.8. The number of thiazole rings is 3. The third-order valence-electron chi connectivity index (χ3n) is 3.07. The van der Waals surface area contributed by atoms with E-state index < -0.39 is 0 Å². The van der Waals surface area contributed by atoms with Crippen LogP contribution in [0.25, 0.3) is 10.7 Å². The largest absolute Gasteiger partial charge is 1.00 e. The van der Waals surface area contributed by atoms with Crippen LogP contribution in [0.3, 0.4) is 0 Å². The monoisotopic (exact) mass is 531 g/mol. The van der Waals surface area contributed by atoms with Gasteiger partial charge in [0.25, 0.3) is 6.47 Å². The summed E-state index contributed by atoms with van der Waals surface area (Å²) in [6, 6.07) is 1.90. The van der Waals surface area contributed by atoms with Crippen LogP contribution in [0, 0.1) is 0 Å². The van der Waals surface area contributed by atoms with Crippen molar-refractivity contribution in [3.8, 4) is 10.7 Å². The smallest absolute Gasteiger partial charge is 1.00 e. The molecule has 0 spiro atoms. The molecular formula is C20H22N5NaO5S3. The van der Waals surface area contributed by atoms with Gasteiger partial charge in [0.2, 0.25) is 0 Å². The molecule has 10 nitrogen and oxygen atoms in total. The van der Waals surface area contributed by atoms with Crippen molar-refractivity contribution in [2.24, 2.45) is 0 Å². The van der Waals surface area contributed by atoms with Gasteiger partial charge in [-0.05, 0) is 13.0 Å². The normalized spacial score (nSPS) is 8.76. The first kappa shape index (κ1) is 31.6. The predicted octanol–water partition coefficient (Wildman–Crippen LogP) is 1.09. The molecule has 4 aromatic rings. The Hall–Kier alpha value is -2.42. The van der Waals surface area contributed by atoms with Crippen LogP contribution in [-0.4, -0.2) is 56.1 Å². The summed E-state index contributed by atoms with van der Waals surface area (Å²) < 4.78 is 4.15. The zero-order chi connectivity index (χ0) is 24.3. The summed E-state index contributed by atoms with van der Waals surface area (Å²) in [5.41, 5.74) is 0.981. The van der Waals surface area contributed by atoms with E-state index in [9.17, 15) is 19.2 Å². The van der Waals surface area contributed by atoms with Gasteiger partial charge in [-0.3, -0.25) is 19.5 Å². The van der Waals surface area contributed by atoms with Gasteiger partial charge >= 0.3 is 29.6 Å². The van der Waals surface area contributed by atoms with E-state index in [-0.39, 0.29) is 49.0 Å². The van der Waals surface area contributed by atoms with Crippen LogP contribution in [-0.2, 0) is 14.3 Å². The Kier molecular flexibility index (Phi) is 18.6. The Bertz CT molecular complexity index is 1020. The molecule has 0 aliphatic heterocycles. The number of H-pyrrole nitrogens is 1. The van der Waals surface area contributed by atoms with E-state index in [1.165, 1.54) is 29.6 Å². The zero-order valence-electron chi connectivity index (χ0n) is 19.7. The van der Waals surface area contributed by atoms with Crippen LogP contribution in [0.5, 0.6) is 0 Å². The Balaban J connectivity index is 0. The van der Waals surface area contributed by atoms with Crippen molar-refractivity contribution in [1.82, 2.24) is 25.1 Å². The summed E-state index contributed by atoms with van der Waals surface area (Å²) in [6.07, 6.45) is 7.19. The number of rotatable bonds is 7. The molecule has 176 valence electrons. The molecule has 4 heterocycles. The number of carbonyl (C=O) groups excluding carboxylic acids is 4. The molecule has 0 aliphatic carbocycles. The molecule has 14 heteroatoms. The number of nitrogens with one attached hydrogen (secondary N) is 1.